The minimum absolute atomic E-state index is 0.145. The van der Waals surface area contributed by atoms with Gasteiger partial charge in [0.25, 0.3) is 11.8 Å². The molecule has 2 fully saturated rings. The van der Waals surface area contributed by atoms with Crippen LogP contribution in [0.3, 0.4) is 0 Å². The third-order valence-corrected chi connectivity index (χ3v) is 6.56. The monoisotopic (exact) mass is 443 g/mol. The van der Waals surface area contributed by atoms with Gasteiger partial charge < -0.3 is 15.4 Å². The molecule has 2 N–H and O–H groups in total. The molecular formula is C24H33N3O5. The predicted molar refractivity (Wildman–Crippen MR) is 120 cm³/mol. The van der Waals surface area contributed by atoms with E-state index in [9.17, 15) is 19.2 Å². The van der Waals surface area contributed by atoms with Crippen molar-refractivity contribution < 1.29 is 23.9 Å². The Labute approximate surface area is 189 Å². The molecule has 0 bridgehead atoms. The van der Waals surface area contributed by atoms with Gasteiger partial charge in [0.2, 0.25) is 0 Å². The number of urea groups is 1. The second-order valence-electron chi connectivity index (χ2n) is 10.0. The molecule has 8 nitrogen and oxygen atoms in total. The SMILES string of the molecule is Cc1cccc(NC(=O)C(C)OC(=O)CN2C(=O)NC3(CCC(C(C)(C)C)CC3)C2=O)c1. The van der Waals surface area contributed by atoms with Gasteiger partial charge in [0.1, 0.15) is 12.1 Å². The van der Waals surface area contributed by atoms with Crippen LogP contribution in [0.2, 0.25) is 0 Å². The Kier molecular flexibility index (Phi) is 6.62. The Morgan fingerprint density at radius 1 is 1.25 bits per heavy atom. The van der Waals surface area contributed by atoms with Crippen molar-refractivity contribution in [2.24, 2.45) is 11.3 Å². The number of nitrogens with zero attached hydrogens (tertiary/aromatic N) is 1. The number of aryl methyl sites for hydroxylation is 1. The Hall–Kier alpha value is -2.90. The summed E-state index contributed by atoms with van der Waals surface area (Å²) >= 11 is 0. The Balaban J connectivity index is 1.55. The van der Waals surface area contributed by atoms with E-state index in [0.717, 1.165) is 23.3 Å². The molecule has 4 amide bonds. The van der Waals surface area contributed by atoms with Gasteiger partial charge in [-0.1, -0.05) is 32.9 Å². The van der Waals surface area contributed by atoms with Crippen LogP contribution in [0.5, 0.6) is 0 Å². The molecule has 1 aliphatic carbocycles. The molecule has 1 saturated heterocycles. The average Bonchev–Trinajstić information content (AvgIpc) is 2.91. The number of rotatable bonds is 5. The molecule has 1 aliphatic heterocycles. The fraction of sp³-hybridized carbons (Fsp3) is 0.583. The smallest absolute Gasteiger partial charge is 0.327 e. The summed E-state index contributed by atoms with van der Waals surface area (Å²) < 4.78 is 5.19. The van der Waals surface area contributed by atoms with E-state index in [4.69, 9.17) is 4.74 Å². The van der Waals surface area contributed by atoms with Gasteiger partial charge in [-0.2, -0.15) is 0 Å². The molecule has 1 heterocycles. The number of benzene rings is 1. The van der Waals surface area contributed by atoms with E-state index in [1.165, 1.54) is 6.92 Å². The normalized spacial score (nSPS) is 24.3. The first-order chi connectivity index (χ1) is 14.9. The van der Waals surface area contributed by atoms with Crippen molar-refractivity contribution in [3.05, 3.63) is 29.8 Å². The van der Waals surface area contributed by atoms with Gasteiger partial charge in [0.05, 0.1) is 0 Å². The molecule has 3 rings (SSSR count). The zero-order valence-electron chi connectivity index (χ0n) is 19.5. The van der Waals surface area contributed by atoms with Crippen molar-refractivity contribution in [3.63, 3.8) is 0 Å². The lowest BCUT2D eigenvalue weighted by molar-refractivity contribution is -0.155. The van der Waals surface area contributed by atoms with Crippen molar-refractivity contribution >= 4 is 29.5 Å². The quantitative estimate of drug-likeness (QED) is 0.536. The van der Waals surface area contributed by atoms with E-state index in [1.54, 1.807) is 12.1 Å². The summed E-state index contributed by atoms with van der Waals surface area (Å²) in [4.78, 5) is 51.1. The maximum absolute atomic E-state index is 13.0. The van der Waals surface area contributed by atoms with Gasteiger partial charge in [-0.3, -0.25) is 19.3 Å². The van der Waals surface area contributed by atoms with Crippen LogP contribution >= 0.6 is 0 Å². The topological polar surface area (TPSA) is 105 Å². The molecule has 1 aromatic rings. The van der Waals surface area contributed by atoms with Gasteiger partial charge >= 0.3 is 12.0 Å². The first-order valence-corrected chi connectivity index (χ1v) is 11.1. The number of esters is 1. The van der Waals surface area contributed by atoms with Gasteiger partial charge in [-0.15, -0.1) is 0 Å². The molecule has 32 heavy (non-hydrogen) atoms. The number of hydrogen-bond acceptors (Lipinski definition) is 5. The van der Waals surface area contributed by atoms with Crippen LogP contribution in [0.15, 0.2) is 24.3 Å². The summed E-state index contributed by atoms with van der Waals surface area (Å²) in [6.07, 6.45) is 1.72. The predicted octanol–water partition coefficient (Wildman–Crippen LogP) is 3.39. The first kappa shape index (κ1) is 23.8. The van der Waals surface area contributed by atoms with Crippen LogP contribution < -0.4 is 10.6 Å². The summed E-state index contributed by atoms with van der Waals surface area (Å²) in [6, 6.07) is 6.66. The van der Waals surface area contributed by atoms with Gasteiger partial charge in [0, 0.05) is 5.69 Å². The van der Waals surface area contributed by atoms with E-state index in [1.807, 2.05) is 19.1 Å². The highest BCUT2D eigenvalue weighted by Crippen LogP contribution is 2.43. The maximum Gasteiger partial charge on any atom is 0.327 e. The molecule has 1 atom stereocenters. The van der Waals surface area contributed by atoms with E-state index >= 15 is 0 Å². The summed E-state index contributed by atoms with van der Waals surface area (Å²) in [5, 5.41) is 5.50. The second-order valence-corrected chi connectivity index (χ2v) is 10.0. The Morgan fingerprint density at radius 3 is 2.50 bits per heavy atom. The third kappa shape index (κ3) is 5.11. The number of carbonyl (C=O) groups excluding carboxylic acids is 4. The summed E-state index contributed by atoms with van der Waals surface area (Å²) in [7, 11) is 0. The lowest BCUT2D eigenvalue weighted by atomic mass is 9.67. The minimum Gasteiger partial charge on any atom is -0.451 e. The van der Waals surface area contributed by atoms with E-state index < -0.39 is 36.1 Å². The lowest BCUT2D eigenvalue weighted by Crippen LogP contribution is -2.50. The molecule has 0 radical (unpaired) electrons. The maximum atomic E-state index is 13.0. The van der Waals surface area contributed by atoms with Crippen LogP contribution in [-0.2, 0) is 19.1 Å². The first-order valence-electron chi connectivity index (χ1n) is 11.1. The second kappa shape index (κ2) is 8.92. The summed E-state index contributed by atoms with van der Waals surface area (Å²) in [6.45, 7) is 9.39. The third-order valence-electron chi connectivity index (χ3n) is 6.56. The van der Waals surface area contributed by atoms with Crippen molar-refractivity contribution in [1.82, 2.24) is 10.2 Å². The van der Waals surface area contributed by atoms with Gasteiger partial charge in [-0.25, -0.2) is 4.79 Å². The van der Waals surface area contributed by atoms with E-state index in [-0.39, 0.29) is 11.3 Å². The van der Waals surface area contributed by atoms with E-state index in [2.05, 4.69) is 31.4 Å². The molecule has 1 unspecified atom stereocenters. The van der Waals surface area contributed by atoms with Crippen molar-refractivity contribution in [2.75, 3.05) is 11.9 Å². The van der Waals surface area contributed by atoms with Crippen molar-refractivity contribution in [2.45, 2.75) is 71.9 Å². The molecule has 8 heteroatoms. The molecule has 0 aromatic heterocycles. The number of amides is 4. The highest BCUT2D eigenvalue weighted by Gasteiger charge is 2.53. The molecule has 2 aliphatic rings. The highest BCUT2D eigenvalue weighted by atomic mass is 16.5. The standard InChI is InChI=1S/C24H33N3O5/c1-15-7-6-8-18(13-15)25-20(29)16(2)32-19(28)14-27-21(30)24(26-22(27)31)11-9-17(10-12-24)23(3,4)5/h6-8,13,16-17H,9-12,14H2,1-5H3,(H,25,29)(H,26,31). The van der Waals surface area contributed by atoms with Crippen LogP contribution in [0.1, 0.15) is 58.9 Å². The molecule has 1 spiro atoms. The largest absolute Gasteiger partial charge is 0.451 e. The fourth-order valence-corrected chi connectivity index (χ4v) is 4.52. The van der Waals surface area contributed by atoms with Gasteiger partial charge in [-0.05, 0) is 68.6 Å². The number of hydrogen-bond donors (Lipinski definition) is 2. The summed E-state index contributed by atoms with van der Waals surface area (Å²) in [5.41, 5.74) is 0.787. The zero-order chi connectivity index (χ0) is 23.7. The lowest BCUT2D eigenvalue weighted by Gasteiger charge is -2.40. The molecule has 174 valence electrons. The summed E-state index contributed by atoms with van der Waals surface area (Å²) in [5.74, 6) is -1.20. The number of ether oxygens (including phenoxy) is 1. The fourth-order valence-electron chi connectivity index (χ4n) is 4.52. The van der Waals surface area contributed by atoms with Crippen LogP contribution in [0, 0.1) is 18.3 Å². The van der Waals surface area contributed by atoms with E-state index in [0.29, 0.717) is 24.4 Å². The number of imide groups is 1. The Bertz CT molecular complexity index is 912. The Morgan fingerprint density at radius 2 is 1.91 bits per heavy atom. The average molecular weight is 444 g/mol. The number of nitrogens with one attached hydrogen (secondary N) is 2. The number of carbonyl (C=O) groups is 4. The molecule has 1 saturated carbocycles. The molecule has 1 aromatic carbocycles. The van der Waals surface area contributed by atoms with Crippen LogP contribution in [0.25, 0.3) is 0 Å². The highest BCUT2D eigenvalue weighted by molar-refractivity contribution is 6.08. The van der Waals surface area contributed by atoms with Crippen LogP contribution in [-0.4, -0.2) is 46.9 Å². The van der Waals surface area contributed by atoms with Gasteiger partial charge in [0.15, 0.2) is 6.10 Å². The van der Waals surface area contributed by atoms with Crippen molar-refractivity contribution in [1.29, 1.82) is 0 Å². The van der Waals surface area contributed by atoms with Crippen molar-refractivity contribution in [3.8, 4) is 0 Å². The number of anilines is 1. The molecular weight excluding hydrogens is 410 g/mol. The zero-order valence-corrected chi connectivity index (χ0v) is 19.5. The van der Waals surface area contributed by atoms with Crippen LogP contribution in [0.4, 0.5) is 10.5 Å². The minimum atomic E-state index is -1.07.